The normalized spacial score (nSPS) is 10.2. The first-order chi connectivity index (χ1) is 24.1. The van der Waals surface area contributed by atoms with Crippen molar-refractivity contribution >= 4 is 35.8 Å². The summed E-state index contributed by atoms with van der Waals surface area (Å²) >= 11 is 0. The minimum Gasteiger partial charge on any atom is -0.549 e. The van der Waals surface area contributed by atoms with Crippen LogP contribution in [0.5, 0.6) is 0 Å². The maximum atomic E-state index is 11.1. The fourth-order valence-electron chi connectivity index (χ4n) is 4.74. The molecule has 4 aromatic heterocycles. The number of carboxylic acids is 6. The van der Waals surface area contributed by atoms with Gasteiger partial charge in [0.25, 0.3) is 5.95 Å². The summed E-state index contributed by atoms with van der Waals surface area (Å²) in [6, 6.07) is 5.77. The Bertz CT molecular complexity index is 1670. The van der Waals surface area contributed by atoms with E-state index in [2.05, 4.69) is 25.3 Å². The molecular formula is C28H25N11Na6O12. The first kappa shape index (κ1) is 60.7. The number of carbonyl (C=O) groups is 6. The second-order valence-electron chi connectivity index (χ2n) is 10.8. The standard InChI is InChI=1S/C28H31N11O12.6Na/c40-22(41)11-34(12-23(42)43)8-17-1-4-37(31-17)20-7-21(38-5-2-18(32-38)9-35(13-24(44)45)14-25(46)47)30-28(29-20)39-6-3-19(33-39)10-36(15-26(48)49)16-27(50)51;;;;;;/h1-7H,8-16H2,(H,40,41)(H,42,43)(H,44,45)(H,46,47)(H,48,49)(H,50,51);;;;;;/q;6*+1/p-6. The third-order valence-electron chi connectivity index (χ3n) is 6.57. The Hall–Kier alpha value is -0.590. The number of carboxylic acid groups (broad SMARTS) is 6. The van der Waals surface area contributed by atoms with Crippen LogP contribution in [0.25, 0.3) is 17.6 Å². The van der Waals surface area contributed by atoms with Gasteiger partial charge in [-0.2, -0.15) is 25.3 Å². The average Bonchev–Trinajstić information content (AvgIpc) is 3.77. The molecule has 23 nitrogen and oxygen atoms in total. The summed E-state index contributed by atoms with van der Waals surface area (Å²) in [5, 5.41) is 79.7. The van der Waals surface area contributed by atoms with E-state index in [-0.39, 0.29) is 232 Å². The molecule has 29 heteroatoms. The first-order valence-corrected chi connectivity index (χ1v) is 14.5. The van der Waals surface area contributed by atoms with Crippen LogP contribution in [0, 0.1) is 0 Å². The van der Waals surface area contributed by atoms with E-state index in [1.807, 2.05) is 0 Å². The fraction of sp³-hybridized carbons (Fsp3) is 0.321. The molecule has 0 fully saturated rings. The molecule has 0 aliphatic rings. The average molecular weight is 846 g/mol. The Kier molecular flexibility index (Phi) is 31.6. The predicted molar refractivity (Wildman–Crippen MR) is 149 cm³/mol. The first-order valence-electron chi connectivity index (χ1n) is 14.5. The van der Waals surface area contributed by atoms with Crippen molar-refractivity contribution < 1.29 is 237 Å². The van der Waals surface area contributed by atoms with Gasteiger partial charge in [-0.05, 0) is 18.2 Å². The molecule has 0 saturated carbocycles. The van der Waals surface area contributed by atoms with Crippen molar-refractivity contribution in [2.24, 2.45) is 0 Å². The summed E-state index contributed by atoms with van der Waals surface area (Å²) in [5.41, 5.74) is 0.658. The van der Waals surface area contributed by atoms with Crippen LogP contribution in [-0.2, 0) is 48.4 Å². The number of carbonyl (C=O) groups excluding carboxylic acids is 6. The summed E-state index contributed by atoms with van der Waals surface area (Å²) in [6.45, 7) is -5.05. The van der Waals surface area contributed by atoms with Gasteiger partial charge < -0.3 is 59.4 Å². The SMILES string of the molecule is O=C([O-])CN(CC(=O)[O-])Cc1ccn(-c2cc(-n3ccc(CN(CC(=O)[O-])CC(=O)[O-])n3)nc(-n3ccc(CN(CC(=O)[O-])CC(=O)[O-])n3)n2)n1.[Na+].[Na+].[Na+].[Na+].[Na+].[Na+]. The van der Waals surface area contributed by atoms with Crippen LogP contribution in [0.15, 0.2) is 42.9 Å². The quantitative estimate of drug-likeness (QED) is 0.0703. The van der Waals surface area contributed by atoms with Crippen molar-refractivity contribution in [3.8, 4) is 17.6 Å². The van der Waals surface area contributed by atoms with Gasteiger partial charge in [-0.25, -0.2) is 14.0 Å². The van der Waals surface area contributed by atoms with E-state index in [1.54, 1.807) is 0 Å². The van der Waals surface area contributed by atoms with Gasteiger partial charge in [-0.15, -0.1) is 0 Å². The molecule has 4 aromatic rings. The minimum absolute atomic E-state index is 0. The molecule has 0 aromatic carbocycles. The summed E-state index contributed by atoms with van der Waals surface area (Å²) in [4.78, 5) is 78.6. The van der Waals surface area contributed by atoms with Crippen LogP contribution in [-0.4, -0.2) is 129 Å². The van der Waals surface area contributed by atoms with Crippen LogP contribution in [0.4, 0.5) is 0 Å². The molecule has 0 aliphatic carbocycles. The van der Waals surface area contributed by atoms with E-state index in [1.165, 1.54) is 56.9 Å². The molecule has 4 heterocycles. The number of hydrogen-bond acceptors (Lipinski definition) is 20. The van der Waals surface area contributed by atoms with E-state index >= 15 is 0 Å². The molecular weight excluding hydrogens is 820 g/mol. The van der Waals surface area contributed by atoms with Gasteiger partial charge >= 0.3 is 177 Å². The molecule has 0 unspecified atom stereocenters. The van der Waals surface area contributed by atoms with E-state index in [9.17, 15) is 59.4 Å². The maximum Gasteiger partial charge on any atom is 1.00 e. The van der Waals surface area contributed by atoms with Crippen LogP contribution in [0.3, 0.4) is 0 Å². The maximum absolute atomic E-state index is 11.1. The van der Waals surface area contributed by atoms with Crippen LogP contribution in [0.2, 0.25) is 0 Å². The molecule has 0 N–H and O–H groups in total. The van der Waals surface area contributed by atoms with E-state index in [0.717, 1.165) is 14.7 Å². The van der Waals surface area contributed by atoms with Gasteiger partial charge in [0.05, 0.1) is 52.9 Å². The van der Waals surface area contributed by atoms with E-state index in [0.29, 0.717) is 0 Å². The Morgan fingerprint density at radius 3 is 0.947 bits per heavy atom. The molecule has 0 saturated heterocycles. The molecule has 0 atom stereocenters. The minimum atomic E-state index is -1.53. The van der Waals surface area contributed by atoms with Crippen molar-refractivity contribution in [2.75, 3.05) is 39.3 Å². The van der Waals surface area contributed by atoms with Crippen molar-refractivity contribution in [3.63, 3.8) is 0 Å². The third-order valence-corrected chi connectivity index (χ3v) is 6.57. The Morgan fingerprint density at radius 2 is 0.684 bits per heavy atom. The monoisotopic (exact) mass is 845 g/mol. The van der Waals surface area contributed by atoms with Gasteiger partial charge in [0.1, 0.15) is 0 Å². The van der Waals surface area contributed by atoms with Crippen molar-refractivity contribution in [1.82, 2.24) is 54.0 Å². The number of aliphatic carboxylic acids is 6. The summed E-state index contributed by atoms with van der Waals surface area (Å²) in [6.07, 6.45) is 4.26. The molecule has 0 radical (unpaired) electrons. The Labute approximate surface area is 456 Å². The number of rotatable bonds is 21. The molecule has 0 spiro atoms. The summed E-state index contributed by atoms with van der Waals surface area (Å²) < 4.78 is 3.67. The second kappa shape index (κ2) is 29.6. The second-order valence-corrected chi connectivity index (χ2v) is 10.8. The topological polar surface area (TPSA) is 330 Å². The van der Waals surface area contributed by atoms with Crippen LogP contribution >= 0.6 is 0 Å². The molecule has 0 bridgehead atoms. The van der Waals surface area contributed by atoms with Gasteiger partial charge in [-0.1, -0.05) is 0 Å². The van der Waals surface area contributed by atoms with Gasteiger partial charge in [0, 0.05) is 83.6 Å². The van der Waals surface area contributed by atoms with Crippen molar-refractivity contribution in [2.45, 2.75) is 19.6 Å². The van der Waals surface area contributed by atoms with Crippen molar-refractivity contribution in [1.29, 1.82) is 0 Å². The molecule has 0 aliphatic heterocycles. The molecule has 270 valence electrons. The Morgan fingerprint density at radius 1 is 0.439 bits per heavy atom. The van der Waals surface area contributed by atoms with Crippen LogP contribution < -0.4 is 208 Å². The fourth-order valence-corrected chi connectivity index (χ4v) is 4.74. The van der Waals surface area contributed by atoms with Gasteiger partial charge in [-0.3, -0.25) is 14.7 Å². The zero-order valence-electron chi connectivity index (χ0n) is 32.2. The number of nitrogens with zero attached hydrogens (tertiary/aromatic N) is 11. The molecule has 4 rings (SSSR count). The zero-order chi connectivity index (χ0) is 37.2. The summed E-state index contributed by atoms with van der Waals surface area (Å²) in [5.74, 6) is -9.12. The smallest absolute Gasteiger partial charge is 0.549 e. The predicted octanol–water partition coefficient (Wildman–Crippen LogP) is -28.0. The molecule has 0 amide bonds. The zero-order valence-corrected chi connectivity index (χ0v) is 44.2. The summed E-state index contributed by atoms with van der Waals surface area (Å²) in [7, 11) is 0. The van der Waals surface area contributed by atoms with Gasteiger partial charge in [0.15, 0.2) is 11.6 Å². The Balaban J connectivity index is -0.00000486. The third kappa shape index (κ3) is 21.2. The molecule has 57 heavy (non-hydrogen) atoms. The number of hydrogen-bond donors (Lipinski definition) is 0. The van der Waals surface area contributed by atoms with Gasteiger partial charge in [0.2, 0.25) is 0 Å². The largest absolute Gasteiger partial charge is 1.00 e. The van der Waals surface area contributed by atoms with E-state index < -0.39 is 75.1 Å². The van der Waals surface area contributed by atoms with Crippen LogP contribution in [0.1, 0.15) is 17.1 Å². The van der Waals surface area contributed by atoms with Crippen molar-refractivity contribution in [3.05, 3.63) is 59.9 Å². The number of aromatic nitrogens is 8. The van der Waals surface area contributed by atoms with E-state index in [4.69, 9.17) is 0 Å².